The van der Waals surface area contributed by atoms with Gasteiger partial charge in [0.25, 0.3) is 11.8 Å². The molecule has 2 rings (SSSR count). The summed E-state index contributed by atoms with van der Waals surface area (Å²) < 4.78 is 0. The Morgan fingerprint density at radius 3 is 2.48 bits per heavy atom. The number of benzene rings is 2. The number of hydrazone groups is 1. The average Bonchev–Trinajstić information content (AvgIpc) is 2.56. The van der Waals surface area contributed by atoms with E-state index in [1.807, 2.05) is 30.3 Å². The van der Waals surface area contributed by atoms with Crippen molar-refractivity contribution in [2.75, 3.05) is 6.54 Å². The zero-order valence-electron chi connectivity index (χ0n) is 11.9. The van der Waals surface area contributed by atoms with Crippen molar-refractivity contribution < 1.29 is 9.59 Å². The van der Waals surface area contributed by atoms with Crippen LogP contribution in [0.4, 0.5) is 0 Å². The van der Waals surface area contributed by atoms with Crippen molar-refractivity contribution in [3.63, 3.8) is 0 Å². The fraction of sp³-hybridized carbons (Fsp3) is 0.0625. The van der Waals surface area contributed by atoms with Crippen molar-refractivity contribution >= 4 is 41.2 Å². The molecule has 0 atom stereocenters. The van der Waals surface area contributed by atoms with Gasteiger partial charge in [0.05, 0.1) is 22.8 Å². The molecule has 2 aromatic rings. The third-order valence-corrected chi connectivity index (χ3v) is 3.53. The SMILES string of the molecule is O=C(CNC(=O)c1ccc(Cl)c(Cl)c1)N/N=C\c1ccccc1. The van der Waals surface area contributed by atoms with Crippen molar-refractivity contribution in [3.8, 4) is 0 Å². The van der Waals surface area contributed by atoms with Crippen molar-refractivity contribution in [2.45, 2.75) is 0 Å². The van der Waals surface area contributed by atoms with Gasteiger partial charge < -0.3 is 5.32 Å². The summed E-state index contributed by atoms with van der Waals surface area (Å²) in [4.78, 5) is 23.5. The number of hydrogen-bond donors (Lipinski definition) is 2. The monoisotopic (exact) mass is 349 g/mol. The van der Waals surface area contributed by atoms with Crippen LogP contribution in [-0.4, -0.2) is 24.6 Å². The van der Waals surface area contributed by atoms with Gasteiger partial charge in [-0.15, -0.1) is 0 Å². The zero-order chi connectivity index (χ0) is 16.7. The van der Waals surface area contributed by atoms with Crippen molar-refractivity contribution in [1.29, 1.82) is 0 Å². The maximum absolute atomic E-state index is 11.9. The molecule has 0 aliphatic heterocycles. The zero-order valence-corrected chi connectivity index (χ0v) is 13.4. The molecule has 2 N–H and O–H groups in total. The molecule has 5 nitrogen and oxygen atoms in total. The Bertz CT molecular complexity index is 733. The van der Waals surface area contributed by atoms with Crippen LogP contribution in [0.2, 0.25) is 10.0 Å². The normalized spacial score (nSPS) is 10.5. The minimum absolute atomic E-state index is 0.203. The first-order chi connectivity index (χ1) is 11.1. The Labute approximate surface area is 143 Å². The van der Waals surface area contributed by atoms with E-state index in [0.717, 1.165) is 5.56 Å². The first-order valence-corrected chi connectivity index (χ1v) is 7.42. The molecular formula is C16H13Cl2N3O2. The second-order valence-electron chi connectivity index (χ2n) is 4.52. The van der Waals surface area contributed by atoms with Crippen LogP contribution in [0.15, 0.2) is 53.6 Å². The lowest BCUT2D eigenvalue weighted by molar-refractivity contribution is -0.120. The van der Waals surface area contributed by atoms with Crippen LogP contribution in [0.3, 0.4) is 0 Å². The fourth-order valence-electron chi connectivity index (χ4n) is 1.66. The fourth-order valence-corrected chi connectivity index (χ4v) is 1.96. The van der Waals surface area contributed by atoms with Crippen molar-refractivity contribution in [2.24, 2.45) is 5.10 Å². The van der Waals surface area contributed by atoms with Crippen LogP contribution in [0.25, 0.3) is 0 Å². The molecule has 0 bridgehead atoms. The van der Waals surface area contributed by atoms with Crippen LogP contribution < -0.4 is 10.7 Å². The summed E-state index contributed by atoms with van der Waals surface area (Å²) in [5.41, 5.74) is 3.50. The summed E-state index contributed by atoms with van der Waals surface area (Å²) in [5.74, 6) is -0.864. The summed E-state index contributed by atoms with van der Waals surface area (Å²) >= 11 is 11.6. The van der Waals surface area contributed by atoms with Gasteiger partial charge in [-0.1, -0.05) is 53.5 Å². The van der Waals surface area contributed by atoms with E-state index in [-0.39, 0.29) is 11.6 Å². The largest absolute Gasteiger partial charge is 0.343 e. The lowest BCUT2D eigenvalue weighted by atomic mass is 10.2. The van der Waals surface area contributed by atoms with E-state index in [1.165, 1.54) is 24.4 Å². The highest BCUT2D eigenvalue weighted by Crippen LogP contribution is 2.22. The molecule has 0 aromatic heterocycles. The Balaban J connectivity index is 1.80. The number of rotatable bonds is 5. The van der Waals surface area contributed by atoms with Gasteiger partial charge in [0.1, 0.15) is 0 Å². The Morgan fingerprint density at radius 2 is 1.78 bits per heavy atom. The van der Waals surface area contributed by atoms with E-state index in [2.05, 4.69) is 15.8 Å². The first-order valence-electron chi connectivity index (χ1n) is 6.66. The highest BCUT2D eigenvalue weighted by molar-refractivity contribution is 6.42. The number of nitrogens with one attached hydrogen (secondary N) is 2. The third kappa shape index (κ3) is 5.39. The van der Waals surface area contributed by atoms with E-state index in [0.29, 0.717) is 10.6 Å². The lowest BCUT2D eigenvalue weighted by Crippen LogP contribution is -2.34. The smallest absolute Gasteiger partial charge is 0.259 e. The number of amides is 2. The summed E-state index contributed by atoms with van der Waals surface area (Å²) in [5, 5.41) is 6.90. The topological polar surface area (TPSA) is 70.6 Å². The molecule has 0 fully saturated rings. The van der Waals surface area contributed by atoms with Crippen molar-refractivity contribution in [3.05, 3.63) is 69.7 Å². The van der Waals surface area contributed by atoms with Gasteiger partial charge in [0.15, 0.2) is 0 Å². The Kier molecular flexibility index (Phi) is 6.14. The number of halogens is 2. The molecule has 0 saturated carbocycles. The molecule has 0 aliphatic carbocycles. The van der Waals surface area contributed by atoms with Gasteiger partial charge in [-0.05, 0) is 23.8 Å². The van der Waals surface area contributed by atoms with Gasteiger partial charge >= 0.3 is 0 Å². The number of nitrogens with zero attached hydrogens (tertiary/aromatic N) is 1. The molecule has 0 spiro atoms. The Morgan fingerprint density at radius 1 is 1.04 bits per heavy atom. The third-order valence-electron chi connectivity index (χ3n) is 2.79. The minimum Gasteiger partial charge on any atom is -0.343 e. The van der Waals surface area contributed by atoms with Crippen LogP contribution in [0.1, 0.15) is 15.9 Å². The van der Waals surface area contributed by atoms with Crippen molar-refractivity contribution in [1.82, 2.24) is 10.7 Å². The molecule has 0 heterocycles. The molecule has 7 heteroatoms. The average molecular weight is 350 g/mol. The summed E-state index contributed by atoms with van der Waals surface area (Å²) in [6, 6.07) is 13.8. The summed E-state index contributed by atoms with van der Waals surface area (Å²) in [6.07, 6.45) is 1.51. The molecule has 0 saturated heterocycles. The first kappa shape index (κ1) is 17.0. The van der Waals surface area contributed by atoms with Crippen LogP contribution in [0, 0.1) is 0 Å². The van der Waals surface area contributed by atoms with Crippen LogP contribution in [0.5, 0.6) is 0 Å². The number of hydrogen-bond acceptors (Lipinski definition) is 3. The summed E-state index contributed by atoms with van der Waals surface area (Å²) in [7, 11) is 0. The number of carbonyl (C=O) groups excluding carboxylic acids is 2. The van der Waals surface area contributed by atoms with Gasteiger partial charge in [-0.3, -0.25) is 9.59 Å². The molecule has 0 aliphatic rings. The second-order valence-corrected chi connectivity index (χ2v) is 5.33. The van der Waals surface area contributed by atoms with E-state index >= 15 is 0 Å². The molecule has 23 heavy (non-hydrogen) atoms. The molecule has 118 valence electrons. The highest BCUT2D eigenvalue weighted by Gasteiger charge is 2.09. The van der Waals surface area contributed by atoms with E-state index in [9.17, 15) is 9.59 Å². The van der Waals surface area contributed by atoms with Gasteiger partial charge in [0.2, 0.25) is 0 Å². The van der Waals surface area contributed by atoms with Gasteiger partial charge in [-0.25, -0.2) is 5.43 Å². The van der Waals surface area contributed by atoms with Crippen LogP contribution >= 0.6 is 23.2 Å². The van der Waals surface area contributed by atoms with E-state index in [4.69, 9.17) is 23.2 Å². The van der Waals surface area contributed by atoms with E-state index in [1.54, 1.807) is 0 Å². The van der Waals surface area contributed by atoms with Crippen LogP contribution in [-0.2, 0) is 4.79 Å². The molecule has 2 aromatic carbocycles. The number of carbonyl (C=O) groups is 2. The summed E-state index contributed by atoms with van der Waals surface area (Å²) in [6.45, 7) is -0.203. The molecule has 0 radical (unpaired) electrons. The van der Waals surface area contributed by atoms with Gasteiger partial charge in [0, 0.05) is 5.56 Å². The Hall–Kier alpha value is -2.37. The maximum atomic E-state index is 11.9. The second kappa shape index (κ2) is 8.31. The van der Waals surface area contributed by atoms with Gasteiger partial charge in [-0.2, -0.15) is 5.10 Å². The standard InChI is InChI=1S/C16H13Cl2N3O2/c17-13-7-6-12(8-14(13)18)16(23)19-10-15(22)21-20-9-11-4-2-1-3-5-11/h1-9H,10H2,(H,19,23)(H,21,22)/b20-9-. The highest BCUT2D eigenvalue weighted by atomic mass is 35.5. The predicted molar refractivity (Wildman–Crippen MR) is 91.0 cm³/mol. The predicted octanol–water partition coefficient (Wildman–Crippen LogP) is 2.87. The quantitative estimate of drug-likeness (QED) is 0.643. The maximum Gasteiger partial charge on any atom is 0.259 e. The molecule has 0 unspecified atom stereocenters. The minimum atomic E-state index is -0.439. The molecule has 2 amide bonds. The molecular weight excluding hydrogens is 337 g/mol. The lowest BCUT2D eigenvalue weighted by Gasteiger charge is -2.05. The van der Waals surface area contributed by atoms with E-state index < -0.39 is 11.8 Å².